The summed E-state index contributed by atoms with van der Waals surface area (Å²) in [5.74, 6) is -3.30. The molecule has 0 saturated carbocycles. The minimum Gasteiger partial charge on any atom is -0.398 e. The van der Waals surface area contributed by atoms with Crippen LogP contribution in [0.2, 0.25) is 5.02 Å². The van der Waals surface area contributed by atoms with Crippen molar-refractivity contribution >= 4 is 28.7 Å². The third kappa shape index (κ3) is 2.76. The van der Waals surface area contributed by atoms with Crippen molar-refractivity contribution in [1.82, 2.24) is 0 Å². The molecule has 0 radical (unpaired) electrons. The first kappa shape index (κ1) is 13.5. The topological polar surface area (TPSA) is 38.0 Å². The second kappa shape index (κ2) is 5.01. The summed E-state index contributed by atoms with van der Waals surface area (Å²) < 4.78 is 39.7. The Labute approximate surface area is 113 Å². The third-order valence-electron chi connectivity index (χ3n) is 2.61. The van der Waals surface area contributed by atoms with Gasteiger partial charge in [-0.25, -0.2) is 13.2 Å². The van der Waals surface area contributed by atoms with Gasteiger partial charge in [-0.2, -0.15) is 0 Å². The SMILES string of the molecule is Cc1cc(N)c(Cl)cc1Nc1cc(F)cc(F)c1F. The molecule has 3 N–H and O–H groups in total. The largest absolute Gasteiger partial charge is 0.398 e. The molecule has 0 saturated heterocycles. The lowest BCUT2D eigenvalue weighted by Crippen LogP contribution is -2.00. The molecule has 0 aliphatic carbocycles. The van der Waals surface area contributed by atoms with Crippen molar-refractivity contribution < 1.29 is 13.2 Å². The highest BCUT2D eigenvalue weighted by Gasteiger charge is 2.12. The maximum absolute atomic E-state index is 13.5. The molecule has 2 aromatic carbocycles. The van der Waals surface area contributed by atoms with Gasteiger partial charge in [-0.3, -0.25) is 0 Å². The second-order valence-electron chi connectivity index (χ2n) is 4.06. The molecule has 0 bridgehead atoms. The van der Waals surface area contributed by atoms with Gasteiger partial charge in [0.05, 0.1) is 16.4 Å². The van der Waals surface area contributed by atoms with E-state index in [1.807, 2.05) is 0 Å². The maximum atomic E-state index is 13.5. The minimum atomic E-state index is -1.26. The zero-order valence-corrected chi connectivity index (χ0v) is 10.7. The number of aryl methyl sites for hydroxylation is 1. The highest BCUT2D eigenvalue weighted by molar-refractivity contribution is 6.33. The Balaban J connectivity index is 2.44. The molecule has 0 atom stereocenters. The van der Waals surface area contributed by atoms with E-state index in [9.17, 15) is 13.2 Å². The predicted molar refractivity (Wildman–Crippen MR) is 70.2 cm³/mol. The van der Waals surface area contributed by atoms with Crippen LogP contribution < -0.4 is 11.1 Å². The first-order chi connectivity index (χ1) is 8.88. The van der Waals surface area contributed by atoms with Crippen LogP contribution in [0.15, 0.2) is 24.3 Å². The van der Waals surface area contributed by atoms with E-state index in [0.717, 1.165) is 6.07 Å². The van der Waals surface area contributed by atoms with Crippen molar-refractivity contribution in [2.75, 3.05) is 11.1 Å². The number of hydrogen-bond acceptors (Lipinski definition) is 2. The Kier molecular flexibility index (Phi) is 3.57. The van der Waals surface area contributed by atoms with Crippen LogP contribution in [-0.2, 0) is 0 Å². The average Bonchev–Trinajstić information content (AvgIpc) is 2.32. The Morgan fingerprint density at radius 2 is 1.74 bits per heavy atom. The molecular weight excluding hydrogens is 277 g/mol. The summed E-state index contributed by atoms with van der Waals surface area (Å²) in [6, 6.07) is 4.39. The molecule has 0 aliphatic heterocycles. The molecule has 0 fully saturated rings. The van der Waals surface area contributed by atoms with Crippen molar-refractivity contribution in [3.05, 3.63) is 52.3 Å². The molecule has 0 heterocycles. The Morgan fingerprint density at radius 3 is 2.42 bits per heavy atom. The van der Waals surface area contributed by atoms with Gasteiger partial charge in [0.25, 0.3) is 0 Å². The standard InChI is InChI=1S/C13H10ClF3N2/c1-6-2-10(18)8(14)5-11(6)19-12-4-7(15)3-9(16)13(12)17/h2-5,19H,18H2,1H3. The van der Waals surface area contributed by atoms with Gasteiger partial charge in [-0.1, -0.05) is 11.6 Å². The van der Waals surface area contributed by atoms with Crippen LogP contribution in [0.4, 0.5) is 30.2 Å². The summed E-state index contributed by atoms with van der Waals surface area (Å²) >= 11 is 5.85. The molecule has 0 spiro atoms. The van der Waals surface area contributed by atoms with E-state index < -0.39 is 17.5 Å². The summed E-state index contributed by atoms with van der Waals surface area (Å²) in [5, 5.41) is 2.86. The van der Waals surface area contributed by atoms with Crippen LogP contribution in [0, 0.1) is 24.4 Å². The van der Waals surface area contributed by atoms with E-state index in [-0.39, 0.29) is 10.7 Å². The molecule has 2 rings (SSSR count). The van der Waals surface area contributed by atoms with Gasteiger partial charge in [0.15, 0.2) is 11.6 Å². The average molecular weight is 287 g/mol. The van der Waals surface area contributed by atoms with Crippen LogP contribution in [0.25, 0.3) is 0 Å². The normalized spacial score (nSPS) is 10.6. The molecular formula is C13H10ClF3N2. The summed E-state index contributed by atoms with van der Waals surface area (Å²) in [6.07, 6.45) is 0. The minimum absolute atomic E-state index is 0.269. The number of halogens is 4. The van der Waals surface area contributed by atoms with E-state index >= 15 is 0 Å². The second-order valence-corrected chi connectivity index (χ2v) is 4.47. The molecule has 6 heteroatoms. The smallest absolute Gasteiger partial charge is 0.182 e. The lowest BCUT2D eigenvalue weighted by molar-refractivity contribution is 0.498. The number of benzene rings is 2. The Morgan fingerprint density at radius 1 is 1.05 bits per heavy atom. The predicted octanol–water partition coefficient (Wildman–Crippen LogP) is 4.39. The van der Waals surface area contributed by atoms with Crippen LogP contribution in [0.1, 0.15) is 5.56 Å². The van der Waals surface area contributed by atoms with Gasteiger partial charge in [0.2, 0.25) is 0 Å². The highest BCUT2D eigenvalue weighted by Crippen LogP contribution is 2.30. The first-order valence-electron chi connectivity index (χ1n) is 5.35. The van der Waals surface area contributed by atoms with E-state index in [1.54, 1.807) is 13.0 Å². The number of nitrogens with two attached hydrogens (primary N) is 1. The summed E-state index contributed by atoms with van der Waals surface area (Å²) in [5.41, 5.74) is 6.77. The lowest BCUT2D eigenvalue weighted by Gasteiger charge is -2.12. The fraction of sp³-hybridized carbons (Fsp3) is 0.0769. The van der Waals surface area contributed by atoms with Gasteiger partial charge in [-0.05, 0) is 24.6 Å². The zero-order chi connectivity index (χ0) is 14.2. The fourth-order valence-corrected chi connectivity index (χ4v) is 1.79. The van der Waals surface area contributed by atoms with Gasteiger partial charge in [0.1, 0.15) is 5.82 Å². The summed E-state index contributed by atoms with van der Waals surface area (Å²) in [7, 11) is 0. The Bertz CT molecular complexity index is 644. The Hall–Kier alpha value is -1.88. The van der Waals surface area contributed by atoms with Crippen LogP contribution >= 0.6 is 11.6 Å². The molecule has 2 nitrogen and oxygen atoms in total. The quantitative estimate of drug-likeness (QED) is 0.634. The van der Waals surface area contributed by atoms with Crippen molar-refractivity contribution in [1.29, 1.82) is 0 Å². The molecule has 2 aromatic rings. The zero-order valence-electron chi connectivity index (χ0n) is 9.90. The monoisotopic (exact) mass is 286 g/mol. The first-order valence-corrected chi connectivity index (χ1v) is 5.73. The summed E-state index contributed by atoms with van der Waals surface area (Å²) in [6.45, 7) is 1.71. The van der Waals surface area contributed by atoms with E-state index in [1.165, 1.54) is 6.07 Å². The van der Waals surface area contributed by atoms with E-state index in [0.29, 0.717) is 23.0 Å². The molecule has 19 heavy (non-hydrogen) atoms. The molecule has 100 valence electrons. The molecule has 0 unspecified atom stereocenters. The molecule has 0 aromatic heterocycles. The summed E-state index contributed by atoms with van der Waals surface area (Å²) in [4.78, 5) is 0. The van der Waals surface area contributed by atoms with Gasteiger partial charge < -0.3 is 11.1 Å². The van der Waals surface area contributed by atoms with Crippen molar-refractivity contribution in [2.45, 2.75) is 6.92 Å². The van der Waals surface area contributed by atoms with E-state index in [4.69, 9.17) is 17.3 Å². The van der Waals surface area contributed by atoms with Crippen molar-refractivity contribution in [2.24, 2.45) is 0 Å². The maximum Gasteiger partial charge on any atom is 0.182 e. The highest BCUT2D eigenvalue weighted by atomic mass is 35.5. The molecule has 0 amide bonds. The van der Waals surface area contributed by atoms with Gasteiger partial charge >= 0.3 is 0 Å². The number of anilines is 3. The number of rotatable bonds is 2. The van der Waals surface area contributed by atoms with Crippen LogP contribution in [-0.4, -0.2) is 0 Å². The fourth-order valence-electron chi connectivity index (χ4n) is 1.63. The number of hydrogen-bond donors (Lipinski definition) is 2. The molecule has 0 aliphatic rings. The number of nitrogens with one attached hydrogen (secondary N) is 1. The third-order valence-corrected chi connectivity index (χ3v) is 2.93. The van der Waals surface area contributed by atoms with Gasteiger partial charge in [0, 0.05) is 17.8 Å². The number of nitrogen functional groups attached to an aromatic ring is 1. The lowest BCUT2D eigenvalue weighted by atomic mass is 10.1. The van der Waals surface area contributed by atoms with Crippen LogP contribution in [0.5, 0.6) is 0 Å². The van der Waals surface area contributed by atoms with Gasteiger partial charge in [-0.15, -0.1) is 0 Å². The van der Waals surface area contributed by atoms with Crippen LogP contribution in [0.3, 0.4) is 0 Å². The van der Waals surface area contributed by atoms with E-state index in [2.05, 4.69) is 5.32 Å². The van der Waals surface area contributed by atoms with Crippen molar-refractivity contribution in [3.63, 3.8) is 0 Å². The van der Waals surface area contributed by atoms with Crippen molar-refractivity contribution in [3.8, 4) is 0 Å².